The van der Waals surface area contributed by atoms with Crippen LogP contribution in [0.2, 0.25) is 0 Å². The summed E-state index contributed by atoms with van der Waals surface area (Å²) in [6.45, 7) is 7.61. The lowest BCUT2D eigenvalue weighted by atomic mass is 10.2. The molecular formula is C14H22N2O. The Labute approximate surface area is 104 Å². The minimum Gasteiger partial charge on any atom is -0.494 e. The van der Waals surface area contributed by atoms with Gasteiger partial charge in [0.1, 0.15) is 5.75 Å². The van der Waals surface area contributed by atoms with Crippen molar-refractivity contribution in [1.82, 2.24) is 10.2 Å². The molecule has 3 nitrogen and oxygen atoms in total. The van der Waals surface area contributed by atoms with Crippen molar-refractivity contribution in [3.63, 3.8) is 0 Å². The first kappa shape index (κ1) is 12.4. The molecule has 1 aliphatic rings. The van der Waals surface area contributed by atoms with Gasteiger partial charge in [0.15, 0.2) is 0 Å². The molecule has 1 aliphatic heterocycles. The average Bonchev–Trinajstić information content (AvgIpc) is 2.38. The summed E-state index contributed by atoms with van der Waals surface area (Å²) in [4.78, 5) is 2.53. The van der Waals surface area contributed by atoms with Crippen LogP contribution in [0.5, 0.6) is 5.75 Å². The number of nitrogens with zero attached hydrogens (tertiary/aromatic N) is 1. The number of hydrogen-bond acceptors (Lipinski definition) is 3. The molecule has 2 rings (SSSR count). The van der Waals surface area contributed by atoms with Crippen molar-refractivity contribution in [3.8, 4) is 5.75 Å². The van der Waals surface area contributed by atoms with E-state index in [9.17, 15) is 0 Å². The average molecular weight is 234 g/mol. The molecular weight excluding hydrogens is 212 g/mol. The Bertz CT molecular complexity index is 315. The van der Waals surface area contributed by atoms with E-state index in [0.29, 0.717) is 6.04 Å². The summed E-state index contributed by atoms with van der Waals surface area (Å²) in [6.07, 6.45) is 1.10. The fourth-order valence-electron chi connectivity index (χ4n) is 2.19. The first-order chi connectivity index (χ1) is 8.36. The van der Waals surface area contributed by atoms with Gasteiger partial charge in [-0.15, -0.1) is 0 Å². The lowest BCUT2D eigenvalue weighted by Gasteiger charge is -2.33. The maximum atomic E-state index is 5.69. The van der Waals surface area contributed by atoms with Gasteiger partial charge < -0.3 is 10.1 Å². The van der Waals surface area contributed by atoms with Gasteiger partial charge in [0, 0.05) is 32.2 Å². The van der Waals surface area contributed by atoms with Crippen molar-refractivity contribution < 1.29 is 4.74 Å². The SMILES string of the molecule is CC1CNCCN1CCCOc1ccccc1. The lowest BCUT2D eigenvalue weighted by molar-refractivity contribution is 0.160. The van der Waals surface area contributed by atoms with E-state index in [-0.39, 0.29) is 0 Å². The summed E-state index contributed by atoms with van der Waals surface area (Å²) in [7, 11) is 0. The molecule has 0 aromatic heterocycles. The van der Waals surface area contributed by atoms with Crippen molar-refractivity contribution in [2.75, 3.05) is 32.8 Å². The van der Waals surface area contributed by atoms with Crippen LogP contribution in [0.1, 0.15) is 13.3 Å². The molecule has 1 fully saturated rings. The number of nitrogens with one attached hydrogen (secondary N) is 1. The topological polar surface area (TPSA) is 24.5 Å². The van der Waals surface area contributed by atoms with E-state index in [1.54, 1.807) is 0 Å². The highest BCUT2D eigenvalue weighted by molar-refractivity contribution is 5.20. The summed E-state index contributed by atoms with van der Waals surface area (Å²) in [5.74, 6) is 0.973. The Morgan fingerprint density at radius 2 is 2.18 bits per heavy atom. The van der Waals surface area contributed by atoms with E-state index < -0.39 is 0 Å². The van der Waals surface area contributed by atoms with E-state index in [1.807, 2.05) is 30.3 Å². The van der Waals surface area contributed by atoms with Crippen LogP contribution < -0.4 is 10.1 Å². The van der Waals surface area contributed by atoms with Gasteiger partial charge in [0.05, 0.1) is 6.61 Å². The maximum Gasteiger partial charge on any atom is 0.119 e. The molecule has 94 valence electrons. The second kappa shape index (κ2) is 6.62. The van der Waals surface area contributed by atoms with Crippen LogP contribution in [0, 0.1) is 0 Å². The summed E-state index contributed by atoms with van der Waals surface area (Å²) in [6, 6.07) is 10.7. The molecule has 0 radical (unpaired) electrons. The number of piperazine rings is 1. The Morgan fingerprint density at radius 1 is 1.35 bits per heavy atom. The molecule has 0 spiro atoms. The van der Waals surface area contributed by atoms with Crippen LogP contribution in [-0.2, 0) is 0 Å². The van der Waals surface area contributed by atoms with Crippen molar-refractivity contribution in [2.45, 2.75) is 19.4 Å². The molecule has 1 unspecified atom stereocenters. The summed E-state index contributed by atoms with van der Waals surface area (Å²) < 4.78 is 5.69. The summed E-state index contributed by atoms with van der Waals surface area (Å²) in [5.41, 5.74) is 0. The van der Waals surface area contributed by atoms with Gasteiger partial charge in [-0.2, -0.15) is 0 Å². The van der Waals surface area contributed by atoms with Gasteiger partial charge in [-0.3, -0.25) is 4.90 Å². The van der Waals surface area contributed by atoms with Crippen LogP contribution >= 0.6 is 0 Å². The molecule has 3 heteroatoms. The van der Waals surface area contributed by atoms with Gasteiger partial charge in [-0.25, -0.2) is 0 Å². The number of rotatable bonds is 5. The lowest BCUT2D eigenvalue weighted by Crippen LogP contribution is -2.50. The van der Waals surface area contributed by atoms with Crippen molar-refractivity contribution in [3.05, 3.63) is 30.3 Å². The third-order valence-electron chi connectivity index (χ3n) is 3.24. The number of benzene rings is 1. The highest BCUT2D eigenvalue weighted by Gasteiger charge is 2.16. The first-order valence-corrected chi connectivity index (χ1v) is 6.49. The van der Waals surface area contributed by atoms with Crippen molar-refractivity contribution in [1.29, 1.82) is 0 Å². The first-order valence-electron chi connectivity index (χ1n) is 6.49. The normalized spacial score (nSPS) is 21.4. The number of para-hydroxylation sites is 1. The molecule has 1 aromatic carbocycles. The van der Waals surface area contributed by atoms with Crippen LogP contribution in [0.4, 0.5) is 0 Å². The zero-order valence-electron chi connectivity index (χ0n) is 10.6. The Balaban J connectivity index is 1.63. The van der Waals surface area contributed by atoms with Crippen LogP contribution in [0.15, 0.2) is 30.3 Å². The van der Waals surface area contributed by atoms with Gasteiger partial charge >= 0.3 is 0 Å². The molecule has 17 heavy (non-hydrogen) atoms. The van der Waals surface area contributed by atoms with Crippen LogP contribution in [0.3, 0.4) is 0 Å². The molecule has 0 aliphatic carbocycles. The molecule has 0 amide bonds. The predicted octanol–water partition coefficient (Wildman–Crippen LogP) is 1.75. The minimum atomic E-state index is 0.653. The van der Waals surface area contributed by atoms with E-state index >= 15 is 0 Å². The Hall–Kier alpha value is -1.06. The standard InChI is InChI=1S/C14H22N2O/c1-13-12-15-8-10-16(13)9-5-11-17-14-6-3-2-4-7-14/h2-4,6-7,13,15H,5,8-12H2,1H3. The minimum absolute atomic E-state index is 0.653. The summed E-state index contributed by atoms with van der Waals surface area (Å²) >= 11 is 0. The van der Waals surface area contributed by atoms with Crippen LogP contribution in [0.25, 0.3) is 0 Å². The molecule has 1 aromatic rings. The van der Waals surface area contributed by atoms with Gasteiger partial charge in [-0.05, 0) is 25.5 Å². The highest BCUT2D eigenvalue weighted by Crippen LogP contribution is 2.09. The molecule has 1 saturated heterocycles. The van der Waals surface area contributed by atoms with Crippen LogP contribution in [-0.4, -0.2) is 43.7 Å². The molecule has 1 N–H and O–H groups in total. The second-order valence-electron chi connectivity index (χ2n) is 4.60. The van der Waals surface area contributed by atoms with Crippen molar-refractivity contribution in [2.24, 2.45) is 0 Å². The second-order valence-corrected chi connectivity index (χ2v) is 4.60. The third kappa shape index (κ3) is 4.02. The fraction of sp³-hybridized carbons (Fsp3) is 0.571. The third-order valence-corrected chi connectivity index (χ3v) is 3.24. The smallest absolute Gasteiger partial charge is 0.119 e. The zero-order valence-corrected chi connectivity index (χ0v) is 10.6. The van der Waals surface area contributed by atoms with Gasteiger partial charge in [0.2, 0.25) is 0 Å². The molecule has 0 saturated carbocycles. The highest BCUT2D eigenvalue weighted by atomic mass is 16.5. The number of hydrogen-bond donors (Lipinski definition) is 1. The molecule has 1 heterocycles. The van der Waals surface area contributed by atoms with E-state index in [2.05, 4.69) is 17.1 Å². The molecule has 1 atom stereocenters. The molecule has 0 bridgehead atoms. The fourth-order valence-corrected chi connectivity index (χ4v) is 2.19. The maximum absolute atomic E-state index is 5.69. The Morgan fingerprint density at radius 3 is 2.94 bits per heavy atom. The van der Waals surface area contributed by atoms with E-state index in [0.717, 1.165) is 45.0 Å². The van der Waals surface area contributed by atoms with E-state index in [1.165, 1.54) is 0 Å². The largest absolute Gasteiger partial charge is 0.494 e. The monoisotopic (exact) mass is 234 g/mol. The van der Waals surface area contributed by atoms with E-state index in [4.69, 9.17) is 4.74 Å². The van der Waals surface area contributed by atoms with Gasteiger partial charge in [0.25, 0.3) is 0 Å². The zero-order chi connectivity index (χ0) is 11.9. The predicted molar refractivity (Wildman–Crippen MR) is 70.5 cm³/mol. The quantitative estimate of drug-likeness (QED) is 0.786. The summed E-state index contributed by atoms with van der Waals surface area (Å²) in [5, 5.41) is 3.41. The number of ether oxygens (including phenoxy) is 1. The van der Waals surface area contributed by atoms with Crippen molar-refractivity contribution >= 4 is 0 Å². The van der Waals surface area contributed by atoms with Gasteiger partial charge in [-0.1, -0.05) is 18.2 Å². The Kier molecular flexibility index (Phi) is 4.83.